The van der Waals surface area contributed by atoms with Gasteiger partial charge < -0.3 is 9.47 Å². The topological polar surface area (TPSA) is 64.2 Å². The third kappa shape index (κ3) is 1.56. The molecule has 0 atom stereocenters. The highest BCUT2D eigenvalue weighted by Crippen LogP contribution is 2.36. The van der Waals surface area contributed by atoms with E-state index in [1.165, 1.54) is 0 Å². The van der Waals surface area contributed by atoms with Crippen LogP contribution in [0.4, 0.5) is 0 Å². The highest BCUT2D eigenvalue weighted by atomic mass is 16.7. The van der Waals surface area contributed by atoms with Crippen LogP contribution < -0.4 is 15.0 Å². The molecule has 2 heterocycles. The van der Waals surface area contributed by atoms with Crippen molar-refractivity contribution in [1.82, 2.24) is 10.2 Å². The van der Waals surface area contributed by atoms with Crippen LogP contribution in [0.1, 0.15) is 0 Å². The monoisotopic (exact) mass is 266 g/mol. The normalized spacial score (nSPS) is 12.8. The van der Waals surface area contributed by atoms with Crippen molar-refractivity contribution in [2.75, 3.05) is 6.79 Å². The fourth-order valence-electron chi connectivity index (χ4n) is 2.38. The van der Waals surface area contributed by atoms with Gasteiger partial charge in [-0.05, 0) is 24.3 Å². The zero-order valence-corrected chi connectivity index (χ0v) is 10.4. The van der Waals surface area contributed by atoms with Crippen LogP contribution in [0.5, 0.6) is 11.5 Å². The van der Waals surface area contributed by atoms with Crippen molar-refractivity contribution in [1.29, 1.82) is 0 Å². The summed E-state index contributed by atoms with van der Waals surface area (Å²) in [5.74, 6) is 1.42. The zero-order chi connectivity index (χ0) is 13.5. The summed E-state index contributed by atoms with van der Waals surface area (Å²) in [6, 6.07) is 13.0. The quantitative estimate of drug-likeness (QED) is 0.734. The van der Waals surface area contributed by atoms with Crippen molar-refractivity contribution in [2.45, 2.75) is 0 Å². The summed E-state index contributed by atoms with van der Waals surface area (Å²) >= 11 is 0. The Kier molecular flexibility index (Phi) is 2.26. The molecule has 1 N–H and O–H groups in total. The number of H-pyrrole nitrogens is 1. The third-order valence-corrected chi connectivity index (χ3v) is 3.34. The van der Waals surface area contributed by atoms with E-state index >= 15 is 0 Å². The van der Waals surface area contributed by atoms with Crippen LogP contribution in [-0.2, 0) is 0 Å². The molecule has 98 valence electrons. The lowest BCUT2D eigenvalue weighted by Crippen LogP contribution is -2.09. The molecule has 20 heavy (non-hydrogen) atoms. The van der Waals surface area contributed by atoms with E-state index in [1.54, 1.807) is 6.07 Å². The average molecular weight is 266 g/mol. The lowest BCUT2D eigenvalue weighted by molar-refractivity contribution is 0.174. The molecule has 3 aromatic rings. The largest absolute Gasteiger partial charge is 0.454 e. The molecule has 4 rings (SSSR count). The Morgan fingerprint density at radius 3 is 2.70 bits per heavy atom. The van der Waals surface area contributed by atoms with Crippen LogP contribution in [0.25, 0.3) is 22.0 Å². The Balaban J connectivity index is 1.99. The molecule has 0 amide bonds. The molecule has 0 aliphatic carbocycles. The molecule has 5 nitrogen and oxygen atoms in total. The lowest BCUT2D eigenvalue weighted by atomic mass is 10.0. The van der Waals surface area contributed by atoms with Crippen molar-refractivity contribution in [3.05, 3.63) is 52.8 Å². The van der Waals surface area contributed by atoms with E-state index in [0.29, 0.717) is 11.1 Å². The fourth-order valence-corrected chi connectivity index (χ4v) is 2.38. The highest BCUT2D eigenvalue weighted by molar-refractivity contribution is 5.93. The van der Waals surface area contributed by atoms with Gasteiger partial charge in [-0.25, -0.2) is 5.10 Å². The van der Waals surface area contributed by atoms with E-state index in [2.05, 4.69) is 10.2 Å². The number of nitrogens with one attached hydrogen (secondary N) is 1. The van der Waals surface area contributed by atoms with Crippen molar-refractivity contribution in [3.63, 3.8) is 0 Å². The maximum Gasteiger partial charge on any atom is 0.272 e. The predicted molar refractivity (Wildman–Crippen MR) is 73.9 cm³/mol. The first-order valence-electron chi connectivity index (χ1n) is 6.20. The molecule has 0 bridgehead atoms. The molecular weight excluding hydrogens is 256 g/mol. The van der Waals surface area contributed by atoms with Crippen molar-refractivity contribution in [2.24, 2.45) is 0 Å². The van der Waals surface area contributed by atoms with Gasteiger partial charge >= 0.3 is 0 Å². The van der Waals surface area contributed by atoms with E-state index in [0.717, 1.165) is 22.4 Å². The van der Waals surface area contributed by atoms with E-state index in [1.807, 2.05) is 36.4 Å². The van der Waals surface area contributed by atoms with Crippen LogP contribution in [0.3, 0.4) is 0 Å². The Labute approximate surface area is 113 Å². The first-order valence-corrected chi connectivity index (χ1v) is 6.20. The first-order chi connectivity index (χ1) is 9.83. The molecule has 1 aromatic heterocycles. The van der Waals surface area contributed by atoms with Crippen LogP contribution in [0.15, 0.2) is 47.3 Å². The van der Waals surface area contributed by atoms with Gasteiger partial charge in [0.25, 0.3) is 5.56 Å². The van der Waals surface area contributed by atoms with Gasteiger partial charge in [0.2, 0.25) is 6.79 Å². The van der Waals surface area contributed by atoms with Crippen molar-refractivity contribution in [3.8, 4) is 22.8 Å². The molecule has 0 saturated heterocycles. The maximum atomic E-state index is 11.8. The van der Waals surface area contributed by atoms with Crippen molar-refractivity contribution < 1.29 is 9.47 Å². The van der Waals surface area contributed by atoms with Gasteiger partial charge in [0, 0.05) is 10.9 Å². The van der Waals surface area contributed by atoms with E-state index in [-0.39, 0.29) is 12.4 Å². The Morgan fingerprint density at radius 2 is 1.80 bits per heavy atom. The number of hydrogen-bond acceptors (Lipinski definition) is 4. The summed E-state index contributed by atoms with van der Waals surface area (Å²) in [4.78, 5) is 11.8. The van der Waals surface area contributed by atoms with Crippen LogP contribution in [0.2, 0.25) is 0 Å². The second-order valence-corrected chi connectivity index (χ2v) is 4.51. The predicted octanol–water partition coefficient (Wildman–Crippen LogP) is 2.32. The molecule has 1 aliphatic rings. The highest BCUT2D eigenvalue weighted by Gasteiger charge is 2.16. The Bertz CT molecular complexity index is 870. The van der Waals surface area contributed by atoms with Gasteiger partial charge in [-0.1, -0.05) is 18.2 Å². The summed E-state index contributed by atoms with van der Waals surface area (Å²) in [7, 11) is 0. The molecule has 0 saturated carbocycles. The van der Waals surface area contributed by atoms with Crippen molar-refractivity contribution >= 4 is 10.8 Å². The number of ether oxygens (including phenoxy) is 2. The second kappa shape index (κ2) is 4.09. The minimum absolute atomic E-state index is 0.190. The molecule has 2 aromatic carbocycles. The molecule has 1 aliphatic heterocycles. The number of hydrogen-bond donors (Lipinski definition) is 1. The van der Waals surface area contributed by atoms with Gasteiger partial charge in [-0.2, -0.15) is 5.10 Å². The van der Waals surface area contributed by atoms with E-state index in [4.69, 9.17) is 9.47 Å². The minimum Gasteiger partial charge on any atom is -0.454 e. The summed E-state index contributed by atoms with van der Waals surface area (Å²) in [6.07, 6.45) is 0. The van der Waals surface area contributed by atoms with Crippen LogP contribution in [-0.4, -0.2) is 17.0 Å². The molecule has 0 unspecified atom stereocenters. The van der Waals surface area contributed by atoms with E-state index < -0.39 is 0 Å². The second-order valence-electron chi connectivity index (χ2n) is 4.51. The summed E-state index contributed by atoms with van der Waals surface area (Å²) in [5.41, 5.74) is 1.41. The zero-order valence-electron chi connectivity index (χ0n) is 10.4. The number of aromatic nitrogens is 2. The minimum atomic E-state index is -0.190. The lowest BCUT2D eigenvalue weighted by Gasteiger charge is -2.05. The average Bonchev–Trinajstić information content (AvgIpc) is 2.95. The van der Waals surface area contributed by atoms with Gasteiger partial charge in [0.1, 0.15) is 0 Å². The SMILES string of the molecule is O=c1[nH]nc(-c2ccc3c(c2)OCO3)c2ccccc12. The van der Waals surface area contributed by atoms with Gasteiger partial charge in [-0.15, -0.1) is 0 Å². The fraction of sp³-hybridized carbons (Fsp3) is 0.0667. The number of aromatic amines is 1. The number of nitrogens with zero attached hydrogens (tertiary/aromatic N) is 1. The number of fused-ring (bicyclic) bond motifs is 2. The standard InChI is InChI=1S/C15H10N2O3/c18-15-11-4-2-1-3-10(11)14(16-17-15)9-5-6-12-13(7-9)20-8-19-12/h1-7H,8H2,(H,17,18). The maximum absolute atomic E-state index is 11.8. The molecule has 0 spiro atoms. The summed E-state index contributed by atoms with van der Waals surface area (Å²) < 4.78 is 10.7. The smallest absolute Gasteiger partial charge is 0.272 e. The van der Waals surface area contributed by atoms with Gasteiger partial charge in [0.15, 0.2) is 11.5 Å². The molecular formula is C15H10N2O3. The van der Waals surface area contributed by atoms with Crippen LogP contribution >= 0.6 is 0 Å². The Hall–Kier alpha value is -2.82. The van der Waals surface area contributed by atoms with E-state index in [9.17, 15) is 4.79 Å². The summed E-state index contributed by atoms with van der Waals surface area (Å²) in [5, 5.41) is 8.14. The molecule has 5 heteroatoms. The third-order valence-electron chi connectivity index (χ3n) is 3.34. The van der Waals surface area contributed by atoms with Crippen LogP contribution in [0, 0.1) is 0 Å². The summed E-state index contributed by atoms with van der Waals surface area (Å²) in [6.45, 7) is 0.235. The first kappa shape index (κ1) is 11.0. The number of benzene rings is 2. The number of rotatable bonds is 1. The van der Waals surface area contributed by atoms with Gasteiger partial charge in [0.05, 0.1) is 11.1 Å². The Morgan fingerprint density at radius 1 is 1.00 bits per heavy atom. The molecule has 0 fully saturated rings. The molecule has 0 radical (unpaired) electrons. The van der Waals surface area contributed by atoms with Gasteiger partial charge in [-0.3, -0.25) is 4.79 Å².